The van der Waals surface area contributed by atoms with Crippen LogP contribution in [0.1, 0.15) is 12.7 Å². The Morgan fingerprint density at radius 1 is 1.53 bits per heavy atom. The van der Waals surface area contributed by atoms with Crippen molar-refractivity contribution in [3.8, 4) is 11.5 Å². The van der Waals surface area contributed by atoms with Gasteiger partial charge in [0.25, 0.3) is 5.89 Å². The van der Waals surface area contributed by atoms with Gasteiger partial charge in [-0.1, -0.05) is 16.8 Å². The van der Waals surface area contributed by atoms with Crippen LogP contribution < -0.4 is 5.73 Å². The molecule has 1 unspecified atom stereocenters. The first-order chi connectivity index (χ1) is 8.94. The van der Waals surface area contributed by atoms with E-state index in [2.05, 4.69) is 10.1 Å². The van der Waals surface area contributed by atoms with Gasteiger partial charge in [-0.25, -0.2) is 4.39 Å². The number of benzene rings is 1. The molecule has 1 aromatic heterocycles. The molecule has 0 aliphatic heterocycles. The van der Waals surface area contributed by atoms with E-state index in [9.17, 15) is 4.39 Å². The van der Waals surface area contributed by atoms with E-state index in [0.717, 1.165) is 0 Å². The molecule has 1 heterocycles. The lowest BCUT2D eigenvalue weighted by molar-refractivity contribution is 0.135. The number of halogens is 2. The van der Waals surface area contributed by atoms with Crippen molar-refractivity contribution in [1.29, 1.82) is 0 Å². The van der Waals surface area contributed by atoms with Crippen LogP contribution in [0.15, 0.2) is 22.7 Å². The van der Waals surface area contributed by atoms with Gasteiger partial charge in [0, 0.05) is 7.11 Å². The van der Waals surface area contributed by atoms with Gasteiger partial charge in [-0.15, -0.1) is 0 Å². The molecular weight excluding hydrogens is 273 g/mol. The summed E-state index contributed by atoms with van der Waals surface area (Å²) in [6, 6.07) is 3.92. The average molecular weight is 286 g/mol. The molecule has 0 bridgehead atoms. The quantitative estimate of drug-likeness (QED) is 0.933. The Labute approximate surface area is 114 Å². The molecule has 0 aliphatic rings. The second-order valence-electron chi connectivity index (χ2n) is 4.40. The van der Waals surface area contributed by atoms with Crippen molar-refractivity contribution >= 4 is 11.6 Å². The largest absolute Gasteiger partial charge is 0.382 e. The van der Waals surface area contributed by atoms with E-state index in [-0.39, 0.29) is 17.5 Å². The van der Waals surface area contributed by atoms with E-state index in [1.807, 2.05) is 0 Å². The maximum absolute atomic E-state index is 13.0. The normalized spacial score (nSPS) is 14.4. The summed E-state index contributed by atoms with van der Waals surface area (Å²) in [6.45, 7) is 1.96. The fourth-order valence-corrected chi connectivity index (χ4v) is 1.84. The van der Waals surface area contributed by atoms with Crippen molar-refractivity contribution in [2.45, 2.75) is 12.5 Å². The second-order valence-corrected chi connectivity index (χ2v) is 4.80. The van der Waals surface area contributed by atoms with E-state index in [1.54, 1.807) is 6.92 Å². The summed E-state index contributed by atoms with van der Waals surface area (Å²) in [5.41, 5.74) is 5.58. The third kappa shape index (κ3) is 2.91. The molecule has 0 amide bonds. The summed E-state index contributed by atoms with van der Waals surface area (Å²) in [6.07, 6.45) is 0. The molecule has 0 saturated heterocycles. The van der Waals surface area contributed by atoms with Crippen LogP contribution in [0.25, 0.3) is 11.5 Å². The van der Waals surface area contributed by atoms with Crippen molar-refractivity contribution in [3.63, 3.8) is 0 Å². The zero-order chi connectivity index (χ0) is 14.0. The molecule has 5 nitrogen and oxygen atoms in total. The Morgan fingerprint density at radius 2 is 2.26 bits per heavy atom. The smallest absolute Gasteiger partial charge is 0.259 e. The van der Waals surface area contributed by atoms with Crippen LogP contribution in [0.2, 0.25) is 5.02 Å². The first kappa shape index (κ1) is 13.9. The lowest BCUT2D eigenvalue weighted by Crippen LogP contribution is -2.38. The molecule has 0 radical (unpaired) electrons. The molecule has 2 N–H and O–H groups in total. The number of ether oxygens (including phenoxy) is 1. The van der Waals surface area contributed by atoms with E-state index in [0.29, 0.717) is 11.4 Å². The van der Waals surface area contributed by atoms with Crippen LogP contribution in [0.3, 0.4) is 0 Å². The van der Waals surface area contributed by atoms with Gasteiger partial charge in [-0.2, -0.15) is 4.98 Å². The summed E-state index contributed by atoms with van der Waals surface area (Å²) >= 11 is 5.93. The minimum atomic E-state index is -0.872. The number of nitrogens with zero attached hydrogens (tertiary/aromatic N) is 2. The minimum absolute atomic E-state index is 0.188. The summed E-state index contributed by atoms with van der Waals surface area (Å²) in [5, 5.41) is 4.00. The summed E-state index contributed by atoms with van der Waals surface area (Å²) < 4.78 is 23.1. The zero-order valence-corrected chi connectivity index (χ0v) is 11.2. The van der Waals surface area contributed by atoms with Gasteiger partial charge in [-0.05, 0) is 25.1 Å². The first-order valence-corrected chi connectivity index (χ1v) is 5.89. The monoisotopic (exact) mass is 285 g/mol. The molecule has 2 aromatic rings. The predicted octanol–water partition coefficient (Wildman–Crippen LogP) is 2.35. The fraction of sp³-hybridized carbons (Fsp3) is 0.333. The van der Waals surface area contributed by atoms with E-state index >= 15 is 0 Å². The Morgan fingerprint density at radius 3 is 2.89 bits per heavy atom. The zero-order valence-electron chi connectivity index (χ0n) is 10.5. The molecule has 102 valence electrons. The summed E-state index contributed by atoms with van der Waals surface area (Å²) in [7, 11) is 1.53. The van der Waals surface area contributed by atoms with E-state index in [4.69, 9.17) is 26.6 Å². The second kappa shape index (κ2) is 5.24. The number of rotatable bonds is 4. The third-order valence-electron chi connectivity index (χ3n) is 2.54. The van der Waals surface area contributed by atoms with E-state index < -0.39 is 11.4 Å². The highest BCUT2D eigenvalue weighted by molar-refractivity contribution is 6.33. The number of nitrogens with two attached hydrogens (primary N) is 1. The van der Waals surface area contributed by atoms with Crippen LogP contribution in [-0.2, 0) is 10.3 Å². The molecule has 0 fully saturated rings. The van der Waals surface area contributed by atoms with Crippen molar-refractivity contribution in [2.24, 2.45) is 5.73 Å². The van der Waals surface area contributed by atoms with Crippen LogP contribution in [0.4, 0.5) is 4.39 Å². The van der Waals surface area contributed by atoms with Gasteiger partial charge >= 0.3 is 0 Å². The van der Waals surface area contributed by atoms with Gasteiger partial charge in [0.2, 0.25) is 0 Å². The summed E-state index contributed by atoms with van der Waals surface area (Å²) in [4.78, 5) is 4.17. The predicted molar refractivity (Wildman–Crippen MR) is 68.1 cm³/mol. The van der Waals surface area contributed by atoms with Gasteiger partial charge in [0.1, 0.15) is 11.4 Å². The Hall–Kier alpha value is -1.50. The third-order valence-corrected chi connectivity index (χ3v) is 2.86. The Bertz CT molecular complexity index is 586. The van der Waals surface area contributed by atoms with E-state index in [1.165, 1.54) is 25.3 Å². The van der Waals surface area contributed by atoms with Gasteiger partial charge in [-0.3, -0.25) is 0 Å². The highest BCUT2D eigenvalue weighted by atomic mass is 35.5. The highest BCUT2D eigenvalue weighted by Gasteiger charge is 2.28. The number of hydrogen-bond donors (Lipinski definition) is 1. The molecule has 7 heteroatoms. The minimum Gasteiger partial charge on any atom is -0.382 e. The number of aromatic nitrogens is 2. The lowest BCUT2D eigenvalue weighted by atomic mass is 10.1. The molecule has 0 spiro atoms. The molecule has 1 atom stereocenters. The van der Waals surface area contributed by atoms with Gasteiger partial charge in [0.05, 0.1) is 17.2 Å². The highest BCUT2D eigenvalue weighted by Crippen LogP contribution is 2.28. The maximum Gasteiger partial charge on any atom is 0.259 e. The Balaban J connectivity index is 2.35. The summed E-state index contributed by atoms with van der Waals surface area (Å²) in [5.74, 6) is 0.0501. The van der Waals surface area contributed by atoms with Gasteiger partial charge in [0.15, 0.2) is 5.82 Å². The molecule has 0 saturated carbocycles. The topological polar surface area (TPSA) is 74.2 Å². The van der Waals surface area contributed by atoms with Crippen LogP contribution in [0, 0.1) is 5.82 Å². The standard InChI is InChI=1S/C12H13ClFN3O2/c1-12(15,6-18-2)11-16-10(19-17-11)8-4-3-7(14)5-9(8)13/h3-5H,6,15H2,1-2H3. The van der Waals surface area contributed by atoms with Crippen molar-refractivity contribution < 1.29 is 13.7 Å². The molecule has 2 rings (SSSR count). The Kier molecular flexibility index (Phi) is 3.84. The van der Waals surface area contributed by atoms with Crippen LogP contribution in [-0.4, -0.2) is 23.9 Å². The number of methoxy groups -OCH3 is 1. The van der Waals surface area contributed by atoms with Crippen LogP contribution >= 0.6 is 11.6 Å². The number of hydrogen-bond acceptors (Lipinski definition) is 5. The fourth-order valence-electron chi connectivity index (χ4n) is 1.59. The van der Waals surface area contributed by atoms with Crippen molar-refractivity contribution in [1.82, 2.24) is 10.1 Å². The van der Waals surface area contributed by atoms with Crippen molar-refractivity contribution in [3.05, 3.63) is 34.9 Å². The van der Waals surface area contributed by atoms with Crippen LogP contribution in [0.5, 0.6) is 0 Å². The molecular formula is C12H13ClFN3O2. The maximum atomic E-state index is 13.0. The molecule has 19 heavy (non-hydrogen) atoms. The molecule has 0 aliphatic carbocycles. The van der Waals surface area contributed by atoms with Gasteiger partial charge < -0.3 is 15.0 Å². The van der Waals surface area contributed by atoms with Crippen molar-refractivity contribution in [2.75, 3.05) is 13.7 Å². The lowest BCUT2D eigenvalue weighted by Gasteiger charge is -2.18. The molecule has 1 aromatic carbocycles. The SMILES string of the molecule is COCC(C)(N)c1noc(-c2ccc(F)cc2Cl)n1. The first-order valence-electron chi connectivity index (χ1n) is 5.51. The average Bonchev–Trinajstić information content (AvgIpc) is 2.78.